The van der Waals surface area contributed by atoms with Crippen molar-refractivity contribution in [1.29, 1.82) is 0 Å². The minimum Gasteiger partial charge on any atom is -0.389 e. The highest BCUT2D eigenvalue weighted by atomic mass is 79.9. The quantitative estimate of drug-likeness (QED) is 0.873. The van der Waals surface area contributed by atoms with Crippen molar-refractivity contribution in [3.63, 3.8) is 0 Å². The van der Waals surface area contributed by atoms with E-state index in [0.717, 1.165) is 12.1 Å². The van der Waals surface area contributed by atoms with Gasteiger partial charge >= 0.3 is 0 Å². The van der Waals surface area contributed by atoms with Crippen molar-refractivity contribution in [3.8, 4) is 0 Å². The molecule has 0 bridgehead atoms. The molecule has 1 rings (SSSR count). The van der Waals surface area contributed by atoms with Crippen molar-refractivity contribution in [2.45, 2.75) is 25.9 Å². The summed E-state index contributed by atoms with van der Waals surface area (Å²) in [5.41, 5.74) is -0.0711. The molecule has 0 aliphatic heterocycles. The second-order valence-electron chi connectivity index (χ2n) is 4.23. The summed E-state index contributed by atoms with van der Waals surface area (Å²) in [6.45, 7) is 5.03. The van der Waals surface area contributed by atoms with Gasteiger partial charge < -0.3 is 10.4 Å². The van der Waals surface area contributed by atoms with E-state index in [4.69, 9.17) is 0 Å². The minimum atomic E-state index is -0.858. The van der Waals surface area contributed by atoms with E-state index in [1.165, 1.54) is 12.1 Å². The van der Waals surface area contributed by atoms with Crippen LogP contribution in [0.15, 0.2) is 22.7 Å². The van der Waals surface area contributed by atoms with Gasteiger partial charge in [0.05, 0.1) is 5.60 Å². The maximum atomic E-state index is 13.1. The first-order chi connectivity index (χ1) is 7.43. The maximum Gasteiger partial charge on any atom is 0.124 e. The molecule has 0 heterocycles. The summed E-state index contributed by atoms with van der Waals surface area (Å²) in [6.07, 6.45) is 0.427. The van der Waals surface area contributed by atoms with Crippen LogP contribution in [0.25, 0.3) is 0 Å². The maximum absolute atomic E-state index is 13.1. The molecule has 2 nitrogen and oxygen atoms in total. The summed E-state index contributed by atoms with van der Waals surface area (Å²) in [6, 6.07) is 4.68. The van der Waals surface area contributed by atoms with E-state index in [-0.39, 0.29) is 5.82 Å². The van der Waals surface area contributed by atoms with Crippen molar-refractivity contribution in [2.75, 3.05) is 13.1 Å². The van der Waals surface area contributed by atoms with Crippen LogP contribution in [0.3, 0.4) is 0 Å². The summed E-state index contributed by atoms with van der Waals surface area (Å²) >= 11 is 3.24. The number of aliphatic hydroxyl groups is 1. The first kappa shape index (κ1) is 13.6. The van der Waals surface area contributed by atoms with Crippen LogP contribution >= 0.6 is 15.9 Å². The van der Waals surface area contributed by atoms with Crippen LogP contribution in [0.1, 0.15) is 19.4 Å². The lowest BCUT2D eigenvalue weighted by Gasteiger charge is -2.23. The van der Waals surface area contributed by atoms with Gasteiger partial charge in [-0.15, -0.1) is 0 Å². The van der Waals surface area contributed by atoms with Crippen LogP contribution < -0.4 is 5.32 Å². The summed E-state index contributed by atoms with van der Waals surface area (Å²) in [5, 5.41) is 13.2. The minimum absolute atomic E-state index is 0.288. The van der Waals surface area contributed by atoms with Crippen molar-refractivity contribution >= 4 is 15.9 Å². The molecule has 2 N–H and O–H groups in total. The van der Waals surface area contributed by atoms with Crippen LogP contribution in [-0.4, -0.2) is 23.8 Å². The van der Waals surface area contributed by atoms with Crippen molar-refractivity contribution in [2.24, 2.45) is 0 Å². The molecular formula is C12H17BrFNO. The molecule has 1 aromatic carbocycles. The molecule has 0 aliphatic carbocycles. The van der Waals surface area contributed by atoms with Crippen LogP contribution in [0, 0.1) is 5.82 Å². The highest BCUT2D eigenvalue weighted by Crippen LogP contribution is 2.19. The van der Waals surface area contributed by atoms with Crippen LogP contribution in [0.2, 0.25) is 0 Å². The zero-order chi connectivity index (χ0) is 12.2. The van der Waals surface area contributed by atoms with Gasteiger partial charge in [-0.3, -0.25) is 0 Å². The predicted molar refractivity (Wildman–Crippen MR) is 67.0 cm³/mol. The molecule has 1 unspecified atom stereocenters. The molecule has 0 amide bonds. The highest BCUT2D eigenvalue weighted by molar-refractivity contribution is 9.10. The lowest BCUT2D eigenvalue weighted by molar-refractivity contribution is 0.0607. The topological polar surface area (TPSA) is 32.3 Å². The smallest absolute Gasteiger partial charge is 0.124 e. The Morgan fingerprint density at radius 2 is 2.12 bits per heavy atom. The Balaban J connectivity index is 2.71. The molecule has 90 valence electrons. The molecule has 0 fully saturated rings. The molecular weight excluding hydrogens is 273 g/mol. The fourth-order valence-corrected chi connectivity index (χ4v) is 2.12. The van der Waals surface area contributed by atoms with Crippen LogP contribution in [0.5, 0.6) is 0 Å². The third kappa shape index (κ3) is 4.60. The molecule has 16 heavy (non-hydrogen) atoms. The fraction of sp³-hybridized carbons (Fsp3) is 0.500. The Labute approximate surface area is 104 Å². The van der Waals surface area contributed by atoms with Crippen molar-refractivity contribution in [1.82, 2.24) is 5.32 Å². The molecule has 4 heteroatoms. The average molecular weight is 290 g/mol. The van der Waals surface area contributed by atoms with E-state index in [9.17, 15) is 9.50 Å². The summed E-state index contributed by atoms with van der Waals surface area (Å²) in [7, 11) is 0. The molecule has 1 atom stereocenters. The summed E-state index contributed by atoms with van der Waals surface area (Å²) < 4.78 is 13.8. The largest absolute Gasteiger partial charge is 0.389 e. The van der Waals surface area contributed by atoms with E-state index in [0.29, 0.717) is 17.4 Å². The number of hydrogen-bond acceptors (Lipinski definition) is 2. The molecule has 0 aliphatic rings. The monoisotopic (exact) mass is 289 g/mol. The molecule has 1 aromatic rings. The molecule has 0 radical (unpaired) electrons. The third-order valence-electron chi connectivity index (χ3n) is 2.26. The summed E-state index contributed by atoms with van der Waals surface area (Å²) in [4.78, 5) is 0. The zero-order valence-electron chi connectivity index (χ0n) is 9.56. The van der Waals surface area contributed by atoms with Gasteiger partial charge in [-0.05, 0) is 37.2 Å². The van der Waals surface area contributed by atoms with E-state index < -0.39 is 5.60 Å². The van der Waals surface area contributed by atoms with Gasteiger partial charge in [0.25, 0.3) is 0 Å². The standard InChI is InChI=1S/C12H17BrFNO/c1-3-15-8-12(2,16)7-9-4-10(13)6-11(14)5-9/h4-6,15-16H,3,7-8H2,1-2H3. The van der Waals surface area contributed by atoms with Gasteiger partial charge in [-0.2, -0.15) is 0 Å². The Morgan fingerprint density at radius 3 is 2.69 bits per heavy atom. The molecule has 0 saturated heterocycles. The van der Waals surface area contributed by atoms with Gasteiger partial charge in [0.15, 0.2) is 0 Å². The van der Waals surface area contributed by atoms with Crippen molar-refractivity contribution < 1.29 is 9.50 Å². The number of rotatable bonds is 5. The SMILES string of the molecule is CCNCC(C)(O)Cc1cc(F)cc(Br)c1. The molecule has 0 aromatic heterocycles. The normalized spacial score (nSPS) is 14.8. The van der Waals surface area contributed by atoms with Gasteiger partial charge in [0.2, 0.25) is 0 Å². The van der Waals surface area contributed by atoms with Gasteiger partial charge in [0.1, 0.15) is 5.82 Å². The highest BCUT2D eigenvalue weighted by Gasteiger charge is 2.20. The van der Waals surface area contributed by atoms with E-state index in [2.05, 4.69) is 21.2 Å². The van der Waals surface area contributed by atoms with Crippen LogP contribution in [0.4, 0.5) is 4.39 Å². The lowest BCUT2D eigenvalue weighted by atomic mass is 9.96. The number of benzene rings is 1. The Morgan fingerprint density at radius 1 is 1.44 bits per heavy atom. The second kappa shape index (κ2) is 5.75. The predicted octanol–water partition coefficient (Wildman–Crippen LogP) is 2.49. The first-order valence-electron chi connectivity index (χ1n) is 5.31. The molecule has 0 saturated carbocycles. The average Bonchev–Trinajstić information content (AvgIpc) is 2.12. The summed E-state index contributed by atoms with van der Waals surface area (Å²) in [5.74, 6) is -0.288. The number of nitrogens with one attached hydrogen (secondary N) is 1. The zero-order valence-corrected chi connectivity index (χ0v) is 11.1. The Hall–Kier alpha value is -0.450. The first-order valence-corrected chi connectivity index (χ1v) is 6.10. The van der Waals surface area contributed by atoms with Gasteiger partial charge in [-0.1, -0.05) is 22.9 Å². The van der Waals surface area contributed by atoms with E-state index in [1.807, 2.05) is 13.0 Å². The van der Waals surface area contributed by atoms with E-state index >= 15 is 0 Å². The lowest BCUT2D eigenvalue weighted by Crippen LogP contribution is -2.39. The van der Waals surface area contributed by atoms with Gasteiger partial charge in [-0.25, -0.2) is 4.39 Å². The Kier molecular flexibility index (Phi) is 4.89. The van der Waals surface area contributed by atoms with Crippen molar-refractivity contribution in [3.05, 3.63) is 34.1 Å². The Bertz CT molecular complexity index is 335. The second-order valence-corrected chi connectivity index (χ2v) is 5.15. The van der Waals surface area contributed by atoms with Gasteiger partial charge in [0, 0.05) is 17.4 Å². The molecule has 0 spiro atoms. The number of hydrogen-bond donors (Lipinski definition) is 2. The number of likely N-dealkylation sites (N-methyl/N-ethyl adjacent to an activating group) is 1. The third-order valence-corrected chi connectivity index (χ3v) is 2.72. The fourth-order valence-electron chi connectivity index (χ4n) is 1.61. The van der Waals surface area contributed by atoms with E-state index in [1.54, 1.807) is 6.92 Å². The van der Waals surface area contributed by atoms with Crippen LogP contribution in [-0.2, 0) is 6.42 Å². The number of halogens is 2.